The first-order valence-corrected chi connectivity index (χ1v) is 8.42. The van der Waals surface area contributed by atoms with Crippen LogP contribution in [-0.2, 0) is 10.0 Å². The van der Waals surface area contributed by atoms with Crippen LogP contribution in [-0.4, -0.2) is 8.42 Å². The van der Waals surface area contributed by atoms with E-state index in [0.717, 1.165) is 11.3 Å². The minimum Gasteiger partial charge on any atom is -0.377 e. The Labute approximate surface area is 133 Å². The van der Waals surface area contributed by atoms with Gasteiger partial charge in [0.05, 0.1) is 15.6 Å². The summed E-state index contributed by atoms with van der Waals surface area (Å²) in [5.41, 5.74) is 1.66. The van der Waals surface area contributed by atoms with Crippen molar-refractivity contribution in [1.29, 1.82) is 0 Å². The lowest BCUT2D eigenvalue weighted by Gasteiger charge is -2.17. The van der Waals surface area contributed by atoms with Crippen LogP contribution >= 0.6 is 23.2 Å². The van der Waals surface area contributed by atoms with E-state index in [1.54, 1.807) is 30.3 Å². The summed E-state index contributed by atoms with van der Waals surface area (Å²) in [4.78, 5) is 0.0861. The summed E-state index contributed by atoms with van der Waals surface area (Å²) in [7, 11) is -3.67. The van der Waals surface area contributed by atoms with Gasteiger partial charge in [-0.25, -0.2) is 13.6 Å². The molecule has 1 unspecified atom stereocenters. The van der Waals surface area contributed by atoms with Crippen LogP contribution in [0.4, 0.5) is 5.69 Å². The predicted molar refractivity (Wildman–Crippen MR) is 86.3 cm³/mol. The molecular formula is C14H14Cl2N2O2S. The molecule has 0 aliphatic rings. The standard InChI is InChI=1S/C14H14Cl2N2O2S/c1-9(18-14-7-4-11(15)8-13(14)16)10-2-5-12(6-3-10)21(17,19)20/h2-9,18H,1H3,(H2,17,19,20). The summed E-state index contributed by atoms with van der Waals surface area (Å²) in [5.74, 6) is 0. The molecule has 0 aliphatic carbocycles. The fraction of sp³-hybridized carbons (Fsp3) is 0.143. The Morgan fingerprint density at radius 2 is 1.71 bits per heavy atom. The van der Waals surface area contributed by atoms with Gasteiger partial charge in [0, 0.05) is 11.1 Å². The van der Waals surface area contributed by atoms with Crippen LogP contribution in [0.25, 0.3) is 0 Å². The zero-order valence-electron chi connectivity index (χ0n) is 11.2. The Kier molecular flexibility index (Phi) is 4.78. The zero-order valence-corrected chi connectivity index (χ0v) is 13.5. The number of anilines is 1. The summed E-state index contributed by atoms with van der Waals surface area (Å²) in [6.07, 6.45) is 0. The summed E-state index contributed by atoms with van der Waals surface area (Å²) < 4.78 is 22.4. The van der Waals surface area contributed by atoms with Gasteiger partial charge in [-0.2, -0.15) is 0 Å². The number of rotatable bonds is 4. The van der Waals surface area contributed by atoms with Crippen molar-refractivity contribution < 1.29 is 8.42 Å². The smallest absolute Gasteiger partial charge is 0.238 e. The monoisotopic (exact) mass is 344 g/mol. The molecule has 0 saturated heterocycles. The second kappa shape index (κ2) is 6.23. The molecule has 1 atom stereocenters. The Morgan fingerprint density at radius 3 is 2.24 bits per heavy atom. The molecule has 0 aromatic heterocycles. The highest BCUT2D eigenvalue weighted by Gasteiger charge is 2.11. The van der Waals surface area contributed by atoms with Crippen LogP contribution < -0.4 is 10.5 Å². The van der Waals surface area contributed by atoms with Crippen molar-refractivity contribution in [1.82, 2.24) is 0 Å². The lowest BCUT2D eigenvalue weighted by molar-refractivity contribution is 0.597. The summed E-state index contributed by atoms with van der Waals surface area (Å²) in [6, 6.07) is 11.5. The van der Waals surface area contributed by atoms with Crippen LogP contribution in [0.3, 0.4) is 0 Å². The topological polar surface area (TPSA) is 72.2 Å². The van der Waals surface area contributed by atoms with Gasteiger partial charge in [0.25, 0.3) is 0 Å². The molecule has 0 fully saturated rings. The van der Waals surface area contributed by atoms with Crippen LogP contribution in [0.1, 0.15) is 18.5 Å². The van der Waals surface area contributed by atoms with Gasteiger partial charge in [0.2, 0.25) is 10.0 Å². The quantitative estimate of drug-likeness (QED) is 0.885. The van der Waals surface area contributed by atoms with Gasteiger partial charge in [0.15, 0.2) is 0 Å². The molecule has 0 heterocycles. The highest BCUT2D eigenvalue weighted by atomic mass is 35.5. The van der Waals surface area contributed by atoms with Gasteiger partial charge in [-0.05, 0) is 42.8 Å². The maximum Gasteiger partial charge on any atom is 0.238 e. The number of nitrogens with two attached hydrogens (primary N) is 1. The third-order valence-electron chi connectivity index (χ3n) is 3.01. The Hall–Kier alpha value is -1.27. The third kappa shape index (κ3) is 4.11. The van der Waals surface area contributed by atoms with Crippen LogP contribution in [0, 0.1) is 0 Å². The fourth-order valence-electron chi connectivity index (χ4n) is 1.87. The molecule has 112 valence electrons. The largest absolute Gasteiger partial charge is 0.377 e. The van der Waals surface area contributed by atoms with E-state index >= 15 is 0 Å². The molecule has 2 rings (SSSR count). The van der Waals surface area contributed by atoms with Crippen molar-refractivity contribution in [3.8, 4) is 0 Å². The van der Waals surface area contributed by atoms with E-state index in [9.17, 15) is 8.42 Å². The first-order chi connectivity index (χ1) is 9.77. The molecule has 2 aromatic carbocycles. The van der Waals surface area contributed by atoms with Gasteiger partial charge >= 0.3 is 0 Å². The van der Waals surface area contributed by atoms with Crippen molar-refractivity contribution >= 4 is 38.9 Å². The predicted octanol–water partition coefficient (Wildman–Crippen LogP) is 3.81. The van der Waals surface area contributed by atoms with Crippen LogP contribution in [0.5, 0.6) is 0 Å². The van der Waals surface area contributed by atoms with Crippen molar-refractivity contribution in [2.75, 3.05) is 5.32 Å². The average Bonchev–Trinajstić information content (AvgIpc) is 2.41. The number of sulfonamides is 1. The number of primary sulfonamides is 1. The minimum absolute atomic E-state index is 0.0572. The summed E-state index contributed by atoms with van der Waals surface area (Å²) in [6.45, 7) is 1.94. The normalized spacial score (nSPS) is 13.0. The first kappa shape index (κ1) is 16.1. The van der Waals surface area contributed by atoms with Gasteiger partial charge in [0.1, 0.15) is 0 Å². The SMILES string of the molecule is CC(Nc1ccc(Cl)cc1Cl)c1ccc(S(N)(=O)=O)cc1. The molecule has 7 heteroatoms. The molecule has 4 nitrogen and oxygen atoms in total. The highest BCUT2D eigenvalue weighted by Crippen LogP contribution is 2.29. The highest BCUT2D eigenvalue weighted by molar-refractivity contribution is 7.89. The van der Waals surface area contributed by atoms with Gasteiger partial charge < -0.3 is 5.32 Å². The Balaban J connectivity index is 2.18. The molecule has 0 saturated carbocycles. The lowest BCUT2D eigenvalue weighted by Crippen LogP contribution is -2.12. The van der Waals surface area contributed by atoms with E-state index in [4.69, 9.17) is 28.3 Å². The third-order valence-corrected chi connectivity index (χ3v) is 4.49. The molecule has 0 bridgehead atoms. The second-order valence-electron chi connectivity index (χ2n) is 4.60. The van der Waals surface area contributed by atoms with E-state index < -0.39 is 10.0 Å². The Morgan fingerprint density at radius 1 is 1.10 bits per heavy atom. The fourth-order valence-corrected chi connectivity index (χ4v) is 2.85. The van der Waals surface area contributed by atoms with Gasteiger partial charge in [-0.3, -0.25) is 0 Å². The van der Waals surface area contributed by atoms with E-state index in [1.807, 2.05) is 6.92 Å². The van der Waals surface area contributed by atoms with Gasteiger partial charge in [-0.1, -0.05) is 35.3 Å². The maximum absolute atomic E-state index is 11.2. The van der Waals surface area contributed by atoms with Crippen LogP contribution in [0.2, 0.25) is 10.0 Å². The van der Waals surface area contributed by atoms with Crippen molar-refractivity contribution in [2.45, 2.75) is 17.9 Å². The Bertz CT molecular complexity index is 746. The summed E-state index contributed by atoms with van der Waals surface area (Å²) >= 11 is 12.0. The van der Waals surface area contributed by atoms with E-state index in [2.05, 4.69) is 5.32 Å². The molecular weight excluding hydrogens is 331 g/mol. The number of halogens is 2. The molecule has 0 radical (unpaired) electrons. The molecule has 3 N–H and O–H groups in total. The number of hydrogen-bond acceptors (Lipinski definition) is 3. The lowest BCUT2D eigenvalue weighted by atomic mass is 10.1. The van der Waals surface area contributed by atoms with Crippen LogP contribution in [0.15, 0.2) is 47.4 Å². The van der Waals surface area contributed by atoms with E-state index in [0.29, 0.717) is 10.0 Å². The summed E-state index contributed by atoms with van der Waals surface area (Å²) in [5, 5.41) is 9.40. The van der Waals surface area contributed by atoms with Crippen molar-refractivity contribution in [3.63, 3.8) is 0 Å². The number of hydrogen-bond donors (Lipinski definition) is 2. The molecule has 0 amide bonds. The molecule has 0 spiro atoms. The van der Waals surface area contributed by atoms with Gasteiger partial charge in [-0.15, -0.1) is 0 Å². The number of benzene rings is 2. The number of nitrogens with one attached hydrogen (secondary N) is 1. The first-order valence-electron chi connectivity index (χ1n) is 6.12. The molecule has 21 heavy (non-hydrogen) atoms. The van der Waals surface area contributed by atoms with E-state index in [1.165, 1.54) is 12.1 Å². The molecule has 0 aliphatic heterocycles. The average molecular weight is 345 g/mol. The second-order valence-corrected chi connectivity index (χ2v) is 7.01. The van der Waals surface area contributed by atoms with Crippen molar-refractivity contribution in [3.05, 3.63) is 58.1 Å². The minimum atomic E-state index is -3.67. The molecule has 2 aromatic rings. The zero-order chi connectivity index (χ0) is 15.6. The van der Waals surface area contributed by atoms with E-state index in [-0.39, 0.29) is 10.9 Å². The maximum atomic E-state index is 11.2. The van der Waals surface area contributed by atoms with Crippen molar-refractivity contribution in [2.24, 2.45) is 5.14 Å².